The molecule has 0 aromatic heterocycles. The number of hydrogen-bond donors (Lipinski definition) is 1. The van der Waals surface area contributed by atoms with Crippen LogP contribution >= 0.6 is 0 Å². The van der Waals surface area contributed by atoms with Crippen LogP contribution in [0.4, 0.5) is 4.39 Å². The average Bonchev–Trinajstić information content (AvgIpc) is 1.82. The van der Waals surface area contributed by atoms with Gasteiger partial charge in [-0.25, -0.2) is 4.39 Å². The summed E-state index contributed by atoms with van der Waals surface area (Å²) < 4.78 is 11.7. The molecule has 11 heavy (non-hydrogen) atoms. The Labute approximate surface area is 64.8 Å². The van der Waals surface area contributed by atoms with Crippen molar-refractivity contribution in [2.75, 3.05) is 26.3 Å². The lowest BCUT2D eigenvalue weighted by molar-refractivity contribution is -0.139. The van der Waals surface area contributed by atoms with Crippen molar-refractivity contribution in [3.05, 3.63) is 0 Å². The molecule has 1 rings (SSSR count). The van der Waals surface area contributed by atoms with Crippen LogP contribution in [0.3, 0.4) is 0 Å². The molecule has 1 aliphatic rings. The van der Waals surface area contributed by atoms with Gasteiger partial charge in [0.25, 0.3) is 0 Å². The SMILES string of the molecule is O=C(O)CC1CN(CCF)C1. The van der Waals surface area contributed by atoms with E-state index in [2.05, 4.69) is 0 Å². The van der Waals surface area contributed by atoms with Crippen LogP contribution in [-0.4, -0.2) is 42.3 Å². The third-order valence-corrected chi connectivity index (χ3v) is 1.90. The number of rotatable bonds is 4. The zero-order valence-electron chi connectivity index (χ0n) is 6.29. The topological polar surface area (TPSA) is 40.5 Å². The van der Waals surface area contributed by atoms with Gasteiger partial charge in [-0.15, -0.1) is 0 Å². The quantitative estimate of drug-likeness (QED) is 0.647. The summed E-state index contributed by atoms with van der Waals surface area (Å²) in [6.45, 7) is 1.61. The van der Waals surface area contributed by atoms with E-state index in [-0.39, 0.29) is 19.0 Å². The fraction of sp³-hybridized carbons (Fsp3) is 0.857. The molecule has 0 aromatic rings. The second-order valence-corrected chi connectivity index (χ2v) is 2.91. The molecule has 0 saturated carbocycles. The zero-order chi connectivity index (χ0) is 8.27. The zero-order valence-corrected chi connectivity index (χ0v) is 6.29. The molecule has 0 bridgehead atoms. The molecule has 1 N–H and O–H groups in total. The van der Waals surface area contributed by atoms with Crippen molar-refractivity contribution < 1.29 is 14.3 Å². The Kier molecular flexibility index (Phi) is 2.82. The van der Waals surface area contributed by atoms with Crippen molar-refractivity contribution in [2.24, 2.45) is 5.92 Å². The predicted molar refractivity (Wildman–Crippen MR) is 38.2 cm³/mol. The number of carbonyl (C=O) groups is 1. The van der Waals surface area contributed by atoms with Crippen LogP contribution in [-0.2, 0) is 4.79 Å². The third-order valence-electron chi connectivity index (χ3n) is 1.90. The maximum atomic E-state index is 11.7. The predicted octanol–water partition coefficient (Wildman–Crippen LogP) is 0.362. The molecule has 64 valence electrons. The molecule has 0 radical (unpaired) electrons. The average molecular weight is 161 g/mol. The van der Waals surface area contributed by atoms with Gasteiger partial charge >= 0.3 is 5.97 Å². The molecule has 1 aliphatic heterocycles. The van der Waals surface area contributed by atoms with Gasteiger partial charge < -0.3 is 10.0 Å². The van der Waals surface area contributed by atoms with Crippen molar-refractivity contribution in [3.8, 4) is 0 Å². The summed E-state index contributed by atoms with van der Waals surface area (Å²) in [6, 6.07) is 0. The Morgan fingerprint density at radius 2 is 2.27 bits per heavy atom. The minimum atomic E-state index is -0.755. The van der Waals surface area contributed by atoms with E-state index in [4.69, 9.17) is 5.11 Å². The number of nitrogens with zero attached hydrogens (tertiary/aromatic N) is 1. The molecule has 0 atom stereocenters. The molecule has 3 nitrogen and oxygen atoms in total. The molecule has 0 aromatic carbocycles. The van der Waals surface area contributed by atoms with Gasteiger partial charge in [-0.3, -0.25) is 4.79 Å². The van der Waals surface area contributed by atoms with Gasteiger partial charge in [0.1, 0.15) is 6.67 Å². The van der Waals surface area contributed by atoms with Crippen molar-refractivity contribution in [3.63, 3.8) is 0 Å². The minimum absolute atomic E-state index is 0.225. The number of alkyl halides is 1. The van der Waals surface area contributed by atoms with Gasteiger partial charge in [0.2, 0.25) is 0 Å². The highest BCUT2D eigenvalue weighted by molar-refractivity contribution is 5.67. The Bertz CT molecular complexity index is 145. The number of carboxylic acid groups (broad SMARTS) is 1. The first-order valence-corrected chi connectivity index (χ1v) is 3.72. The first kappa shape index (κ1) is 8.46. The lowest BCUT2D eigenvalue weighted by atomic mass is 9.97. The Hall–Kier alpha value is -0.640. The second-order valence-electron chi connectivity index (χ2n) is 2.91. The summed E-state index contributed by atoms with van der Waals surface area (Å²) in [5.41, 5.74) is 0. The third kappa shape index (κ3) is 2.46. The summed E-state index contributed by atoms with van der Waals surface area (Å²) in [6.07, 6.45) is 0.225. The van der Waals surface area contributed by atoms with Crippen molar-refractivity contribution >= 4 is 5.97 Å². The molecule has 4 heteroatoms. The van der Waals surface area contributed by atoms with Gasteiger partial charge in [-0.1, -0.05) is 0 Å². The Morgan fingerprint density at radius 3 is 2.73 bits per heavy atom. The van der Waals surface area contributed by atoms with E-state index in [0.717, 1.165) is 13.1 Å². The first-order chi connectivity index (χ1) is 5.22. The number of likely N-dealkylation sites (tertiary alicyclic amines) is 1. The highest BCUT2D eigenvalue weighted by Gasteiger charge is 2.27. The van der Waals surface area contributed by atoms with Crippen molar-refractivity contribution in [1.29, 1.82) is 0 Å². The molecule has 1 saturated heterocycles. The molecule has 1 heterocycles. The molecule has 0 unspecified atom stereocenters. The van der Waals surface area contributed by atoms with Gasteiger partial charge in [0.05, 0.1) is 6.42 Å². The number of halogens is 1. The van der Waals surface area contributed by atoms with Crippen LogP contribution in [0.5, 0.6) is 0 Å². The molecular formula is C7H12FNO2. The molecule has 1 fully saturated rings. The summed E-state index contributed by atoms with van der Waals surface area (Å²) in [5.74, 6) is -0.506. The number of carboxylic acids is 1. The van der Waals surface area contributed by atoms with Gasteiger partial charge in [0, 0.05) is 19.6 Å². The largest absolute Gasteiger partial charge is 0.481 e. The Balaban J connectivity index is 2.04. The van der Waals surface area contributed by atoms with Crippen LogP contribution in [0, 0.1) is 5.92 Å². The fourth-order valence-electron chi connectivity index (χ4n) is 1.35. The summed E-state index contributed by atoms with van der Waals surface area (Å²) in [7, 11) is 0. The maximum Gasteiger partial charge on any atom is 0.303 e. The lowest BCUT2D eigenvalue weighted by Crippen LogP contribution is -2.48. The van der Waals surface area contributed by atoms with Crippen LogP contribution in [0.1, 0.15) is 6.42 Å². The first-order valence-electron chi connectivity index (χ1n) is 3.72. The minimum Gasteiger partial charge on any atom is -0.481 e. The maximum absolute atomic E-state index is 11.7. The van der Waals surface area contributed by atoms with Gasteiger partial charge in [-0.05, 0) is 5.92 Å². The molecular weight excluding hydrogens is 149 g/mol. The standard InChI is InChI=1S/C7H12FNO2/c8-1-2-9-4-6(5-9)3-7(10)11/h6H,1-5H2,(H,10,11). The van der Waals surface area contributed by atoms with E-state index in [1.165, 1.54) is 0 Å². The fourth-order valence-corrected chi connectivity index (χ4v) is 1.35. The molecule has 0 amide bonds. The van der Waals surface area contributed by atoms with E-state index in [9.17, 15) is 9.18 Å². The van der Waals surface area contributed by atoms with E-state index in [1.54, 1.807) is 0 Å². The highest BCUT2D eigenvalue weighted by Crippen LogP contribution is 2.17. The van der Waals surface area contributed by atoms with E-state index in [1.807, 2.05) is 4.90 Å². The highest BCUT2D eigenvalue weighted by atomic mass is 19.1. The smallest absolute Gasteiger partial charge is 0.303 e. The van der Waals surface area contributed by atoms with Gasteiger partial charge in [0.15, 0.2) is 0 Å². The normalized spacial score (nSPS) is 19.7. The van der Waals surface area contributed by atoms with Crippen molar-refractivity contribution in [2.45, 2.75) is 6.42 Å². The van der Waals surface area contributed by atoms with E-state index >= 15 is 0 Å². The summed E-state index contributed by atoms with van der Waals surface area (Å²) >= 11 is 0. The number of hydrogen-bond acceptors (Lipinski definition) is 2. The van der Waals surface area contributed by atoms with Crippen LogP contribution < -0.4 is 0 Å². The van der Waals surface area contributed by atoms with Crippen LogP contribution in [0.15, 0.2) is 0 Å². The van der Waals surface area contributed by atoms with E-state index in [0.29, 0.717) is 6.54 Å². The van der Waals surface area contributed by atoms with Gasteiger partial charge in [-0.2, -0.15) is 0 Å². The Morgan fingerprint density at radius 1 is 1.64 bits per heavy atom. The van der Waals surface area contributed by atoms with Crippen LogP contribution in [0.25, 0.3) is 0 Å². The van der Waals surface area contributed by atoms with E-state index < -0.39 is 5.97 Å². The lowest BCUT2D eigenvalue weighted by Gasteiger charge is -2.37. The van der Waals surface area contributed by atoms with Crippen LogP contribution in [0.2, 0.25) is 0 Å². The molecule has 0 aliphatic carbocycles. The number of aliphatic carboxylic acids is 1. The monoisotopic (exact) mass is 161 g/mol. The van der Waals surface area contributed by atoms with Crippen molar-refractivity contribution in [1.82, 2.24) is 4.90 Å². The summed E-state index contributed by atoms with van der Waals surface area (Å²) in [5, 5.41) is 8.37. The summed E-state index contributed by atoms with van der Waals surface area (Å²) in [4.78, 5) is 12.1. The second kappa shape index (κ2) is 3.67. The molecule has 0 spiro atoms.